The van der Waals surface area contributed by atoms with Crippen LogP contribution in [0.15, 0.2) is 65.6 Å². The van der Waals surface area contributed by atoms with E-state index in [0.717, 1.165) is 16.6 Å². The van der Waals surface area contributed by atoms with Gasteiger partial charge < -0.3 is 10.3 Å². The van der Waals surface area contributed by atoms with Crippen molar-refractivity contribution in [1.29, 1.82) is 0 Å². The number of nitrogens with zero attached hydrogens (tertiary/aromatic N) is 2. The van der Waals surface area contributed by atoms with Crippen LogP contribution in [0.2, 0.25) is 0 Å². The highest BCUT2D eigenvalue weighted by molar-refractivity contribution is 7.81. The zero-order valence-corrected chi connectivity index (χ0v) is 13.3. The third-order valence-corrected chi connectivity index (χ3v) is 3.97. The molecular formula is C18H12N4OS. The molecule has 4 rings (SSSR count). The fourth-order valence-electron chi connectivity index (χ4n) is 2.52. The Balaban J connectivity index is 1.69. The van der Waals surface area contributed by atoms with Gasteiger partial charge in [0.05, 0.1) is 28.3 Å². The molecule has 0 saturated carbocycles. The SMILES string of the molecule is O=c1[nH]c(C(=S)Nc2cnc3ccccc3c2)nc2ccccc12. The lowest BCUT2D eigenvalue weighted by atomic mass is 10.2. The van der Waals surface area contributed by atoms with E-state index < -0.39 is 0 Å². The van der Waals surface area contributed by atoms with E-state index >= 15 is 0 Å². The van der Waals surface area contributed by atoms with E-state index in [4.69, 9.17) is 12.2 Å². The number of H-pyrrole nitrogens is 1. The average Bonchev–Trinajstić information content (AvgIpc) is 2.61. The van der Waals surface area contributed by atoms with Gasteiger partial charge in [-0.2, -0.15) is 0 Å². The summed E-state index contributed by atoms with van der Waals surface area (Å²) < 4.78 is 0. The maximum atomic E-state index is 12.1. The summed E-state index contributed by atoms with van der Waals surface area (Å²) >= 11 is 5.38. The highest BCUT2D eigenvalue weighted by Crippen LogP contribution is 2.16. The molecule has 0 aliphatic heterocycles. The first-order valence-electron chi connectivity index (χ1n) is 7.36. The molecular weight excluding hydrogens is 320 g/mol. The Bertz CT molecular complexity index is 1140. The molecule has 0 atom stereocenters. The molecule has 0 radical (unpaired) electrons. The van der Waals surface area contributed by atoms with Crippen molar-refractivity contribution in [3.05, 3.63) is 77.0 Å². The number of nitrogens with one attached hydrogen (secondary N) is 2. The van der Waals surface area contributed by atoms with E-state index in [1.807, 2.05) is 36.4 Å². The molecule has 0 unspecified atom stereocenters. The number of hydrogen-bond acceptors (Lipinski definition) is 4. The summed E-state index contributed by atoms with van der Waals surface area (Å²) in [6, 6.07) is 16.9. The Kier molecular flexibility index (Phi) is 3.51. The van der Waals surface area contributed by atoms with Crippen LogP contribution >= 0.6 is 12.2 Å². The van der Waals surface area contributed by atoms with Gasteiger partial charge in [-0.05, 0) is 24.3 Å². The Labute approximate surface area is 142 Å². The van der Waals surface area contributed by atoms with Gasteiger partial charge in [0, 0.05) is 5.39 Å². The minimum absolute atomic E-state index is 0.212. The molecule has 2 N–H and O–H groups in total. The van der Waals surface area contributed by atoms with Crippen LogP contribution < -0.4 is 10.9 Å². The van der Waals surface area contributed by atoms with Crippen molar-refractivity contribution in [2.24, 2.45) is 0 Å². The predicted octanol–water partition coefficient (Wildman–Crippen LogP) is 3.26. The standard InChI is InChI=1S/C18H12N4OS/c23-17-13-6-2-4-8-15(13)21-16(22-17)18(24)20-12-9-11-5-1-3-7-14(11)19-10-12/h1-10H,(H,20,24)(H,21,22,23). The number of fused-ring (bicyclic) bond motifs is 2. The van der Waals surface area contributed by atoms with Crippen molar-refractivity contribution in [3.8, 4) is 0 Å². The molecule has 0 aliphatic carbocycles. The lowest BCUT2D eigenvalue weighted by molar-refractivity contribution is 1.14. The van der Waals surface area contributed by atoms with Gasteiger partial charge in [0.15, 0.2) is 5.82 Å². The lowest BCUT2D eigenvalue weighted by Crippen LogP contribution is -2.20. The summed E-state index contributed by atoms with van der Waals surface area (Å²) in [5.41, 5.74) is 2.05. The van der Waals surface area contributed by atoms with E-state index in [-0.39, 0.29) is 5.56 Å². The molecule has 2 aromatic carbocycles. The number of pyridine rings is 1. The lowest BCUT2D eigenvalue weighted by Gasteiger charge is -2.08. The van der Waals surface area contributed by atoms with Gasteiger partial charge in [0.2, 0.25) is 0 Å². The largest absolute Gasteiger partial charge is 0.342 e. The minimum Gasteiger partial charge on any atom is -0.342 e. The van der Waals surface area contributed by atoms with Crippen molar-refractivity contribution in [2.45, 2.75) is 0 Å². The molecule has 5 nitrogen and oxygen atoms in total. The van der Waals surface area contributed by atoms with Crippen LogP contribution in [-0.2, 0) is 0 Å². The summed E-state index contributed by atoms with van der Waals surface area (Å²) in [5.74, 6) is 0.335. The second kappa shape index (κ2) is 5.82. The van der Waals surface area contributed by atoms with E-state index in [2.05, 4.69) is 20.3 Å². The third kappa shape index (κ3) is 2.63. The van der Waals surface area contributed by atoms with Crippen LogP contribution in [-0.4, -0.2) is 19.9 Å². The van der Waals surface area contributed by atoms with Crippen LogP contribution in [0.25, 0.3) is 21.8 Å². The summed E-state index contributed by atoms with van der Waals surface area (Å²) in [5, 5.41) is 4.62. The maximum Gasteiger partial charge on any atom is 0.259 e. The number of hydrogen-bond donors (Lipinski definition) is 2. The first-order chi connectivity index (χ1) is 11.7. The number of benzene rings is 2. The number of rotatable bonds is 2. The van der Waals surface area contributed by atoms with E-state index in [9.17, 15) is 4.79 Å². The number of aromatic nitrogens is 3. The second-order valence-corrected chi connectivity index (χ2v) is 5.71. The van der Waals surface area contributed by atoms with Crippen LogP contribution in [0, 0.1) is 0 Å². The van der Waals surface area contributed by atoms with Gasteiger partial charge in [0.25, 0.3) is 5.56 Å². The van der Waals surface area contributed by atoms with Crippen molar-refractivity contribution >= 4 is 44.7 Å². The third-order valence-electron chi connectivity index (χ3n) is 3.68. The predicted molar refractivity (Wildman–Crippen MR) is 99.4 cm³/mol. The summed E-state index contributed by atoms with van der Waals surface area (Å²) in [7, 11) is 0. The Morgan fingerprint density at radius 2 is 1.79 bits per heavy atom. The number of anilines is 1. The molecule has 4 aromatic rings. The van der Waals surface area contributed by atoms with Crippen LogP contribution in [0.3, 0.4) is 0 Å². The monoisotopic (exact) mass is 332 g/mol. The molecule has 24 heavy (non-hydrogen) atoms. The molecule has 0 spiro atoms. The van der Waals surface area contributed by atoms with Crippen LogP contribution in [0.4, 0.5) is 5.69 Å². The smallest absolute Gasteiger partial charge is 0.259 e. The summed E-state index contributed by atoms with van der Waals surface area (Å²) in [6.45, 7) is 0. The first kappa shape index (κ1) is 14.5. The van der Waals surface area contributed by atoms with E-state index in [1.165, 1.54) is 0 Å². The maximum absolute atomic E-state index is 12.1. The van der Waals surface area contributed by atoms with Gasteiger partial charge in [-0.15, -0.1) is 0 Å². The zero-order chi connectivity index (χ0) is 16.5. The normalized spacial score (nSPS) is 10.8. The fourth-order valence-corrected chi connectivity index (χ4v) is 2.74. The van der Waals surface area contributed by atoms with Gasteiger partial charge >= 0.3 is 0 Å². The fraction of sp³-hybridized carbons (Fsp3) is 0. The zero-order valence-electron chi connectivity index (χ0n) is 12.5. The Hall–Kier alpha value is -3.12. The van der Waals surface area contributed by atoms with Gasteiger partial charge in [-0.3, -0.25) is 9.78 Å². The Morgan fingerprint density at radius 1 is 1.04 bits per heavy atom. The van der Waals surface area contributed by atoms with Crippen molar-refractivity contribution in [3.63, 3.8) is 0 Å². The van der Waals surface area contributed by atoms with Gasteiger partial charge in [0.1, 0.15) is 4.99 Å². The van der Waals surface area contributed by atoms with Crippen molar-refractivity contribution in [1.82, 2.24) is 15.0 Å². The number of para-hydroxylation sites is 2. The van der Waals surface area contributed by atoms with E-state index in [1.54, 1.807) is 24.4 Å². The Morgan fingerprint density at radius 3 is 2.67 bits per heavy atom. The highest BCUT2D eigenvalue weighted by atomic mass is 32.1. The minimum atomic E-state index is -0.212. The second-order valence-electron chi connectivity index (χ2n) is 5.30. The average molecular weight is 332 g/mol. The molecule has 2 aromatic heterocycles. The number of aromatic amines is 1. The molecule has 2 heterocycles. The molecule has 0 bridgehead atoms. The summed E-state index contributed by atoms with van der Waals surface area (Å²) in [6.07, 6.45) is 1.70. The highest BCUT2D eigenvalue weighted by Gasteiger charge is 2.08. The van der Waals surface area contributed by atoms with Crippen molar-refractivity contribution < 1.29 is 0 Å². The van der Waals surface area contributed by atoms with Crippen molar-refractivity contribution in [2.75, 3.05) is 5.32 Å². The molecule has 116 valence electrons. The first-order valence-corrected chi connectivity index (χ1v) is 7.77. The molecule has 0 amide bonds. The molecule has 0 saturated heterocycles. The molecule has 6 heteroatoms. The van der Waals surface area contributed by atoms with Crippen LogP contribution in [0.5, 0.6) is 0 Å². The topological polar surface area (TPSA) is 70.7 Å². The molecule has 0 aliphatic rings. The van der Waals surface area contributed by atoms with Crippen LogP contribution in [0.1, 0.15) is 5.82 Å². The van der Waals surface area contributed by atoms with Gasteiger partial charge in [-0.1, -0.05) is 42.5 Å². The quantitative estimate of drug-likeness (QED) is 0.551. The summed E-state index contributed by atoms with van der Waals surface area (Å²) in [4.78, 5) is 24.0. The van der Waals surface area contributed by atoms with E-state index in [0.29, 0.717) is 21.7 Å². The number of thiocarbonyl (C=S) groups is 1. The molecule has 0 fully saturated rings. The van der Waals surface area contributed by atoms with Gasteiger partial charge in [-0.25, -0.2) is 4.98 Å².